The van der Waals surface area contributed by atoms with E-state index in [1.54, 1.807) is 0 Å². The van der Waals surface area contributed by atoms with Crippen LogP contribution in [0.3, 0.4) is 0 Å². The van der Waals surface area contributed by atoms with Crippen molar-refractivity contribution in [2.24, 2.45) is 0 Å². The highest BCUT2D eigenvalue weighted by molar-refractivity contribution is 4.69. The maximum Gasteiger partial charge on any atom is 0.103 e. The molecule has 0 aromatic heterocycles. The van der Waals surface area contributed by atoms with Crippen LogP contribution in [0.25, 0.3) is 0 Å². The Balaban J connectivity index is 3.60. The highest BCUT2D eigenvalue weighted by Crippen LogP contribution is 2.04. The normalized spacial score (nSPS) is 16.0. The van der Waals surface area contributed by atoms with Crippen molar-refractivity contribution in [1.29, 1.82) is 0 Å². The van der Waals surface area contributed by atoms with Gasteiger partial charge in [-0.15, -0.1) is 0 Å². The number of ether oxygens (including phenoxy) is 2. The molecule has 0 aliphatic carbocycles. The fourth-order valence-corrected chi connectivity index (χ4v) is 0.947. The summed E-state index contributed by atoms with van der Waals surface area (Å²) < 4.78 is 10.3. The molecule has 2 atom stereocenters. The van der Waals surface area contributed by atoms with Crippen LogP contribution in [-0.2, 0) is 9.47 Å². The molecule has 2 unspecified atom stereocenters. The molecular formula is C9H19O3. The number of aliphatic hydroxyl groups is 1. The lowest BCUT2D eigenvalue weighted by Gasteiger charge is -2.20. The van der Waals surface area contributed by atoms with Gasteiger partial charge in [0, 0.05) is 13.2 Å². The summed E-state index contributed by atoms with van der Waals surface area (Å²) in [4.78, 5) is 0. The molecule has 0 aliphatic heterocycles. The van der Waals surface area contributed by atoms with E-state index in [0.717, 1.165) is 0 Å². The summed E-state index contributed by atoms with van der Waals surface area (Å²) in [5.74, 6) is 0. The fourth-order valence-electron chi connectivity index (χ4n) is 0.947. The third kappa shape index (κ3) is 4.70. The second-order valence-corrected chi connectivity index (χ2v) is 2.51. The maximum atomic E-state index is 9.48. The van der Waals surface area contributed by atoms with Gasteiger partial charge >= 0.3 is 0 Å². The first-order valence-corrected chi connectivity index (χ1v) is 4.42. The monoisotopic (exact) mass is 175 g/mol. The van der Waals surface area contributed by atoms with Crippen molar-refractivity contribution in [3.8, 4) is 0 Å². The molecule has 0 heterocycles. The van der Waals surface area contributed by atoms with E-state index >= 15 is 0 Å². The lowest BCUT2D eigenvalue weighted by atomic mass is 10.1. The number of hydrogen-bond donors (Lipinski definition) is 1. The Morgan fingerprint density at radius 1 is 1.33 bits per heavy atom. The molecule has 0 rings (SSSR count). The van der Waals surface area contributed by atoms with Crippen LogP contribution in [0, 0.1) is 6.92 Å². The molecule has 3 nitrogen and oxygen atoms in total. The Morgan fingerprint density at radius 3 is 2.42 bits per heavy atom. The Morgan fingerprint density at radius 2 is 2.00 bits per heavy atom. The van der Waals surface area contributed by atoms with Gasteiger partial charge < -0.3 is 14.6 Å². The molecule has 0 bridgehead atoms. The van der Waals surface area contributed by atoms with E-state index in [4.69, 9.17) is 9.47 Å². The molecule has 0 saturated carbocycles. The molecule has 1 N–H and O–H groups in total. The maximum absolute atomic E-state index is 9.48. The Kier molecular flexibility index (Phi) is 7.45. The van der Waals surface area contributed by atoms with Crippen molar-refractivity contribution in [1.82, 2.24) is 0 Å². The molecule has 0 aromatic rings. The van der Waals surface area contributed by atoms with Crippen LogP contribution in [0.4, 0.5) is 0 Å². The first-order valence-electron chi connectivity index (χ1n) is 4.42. The van der Waals surface area contributed by atoms with Crippen LogP contribution >= 0.6 is 0 Å². The minimum Gasteiger partial charge on any atom is -0.388 e. The molecule has 3 heteroatoms. The van der Waals surface area contributed by atoms with Gasteiger partial charge in [0.25, 0.3) is 0 Å². The fraction of sp³-hybridized carbons (Fsp3) is 0.889. The smallest absolute Gasteiger partial charge is 0.103 e. The van der Waals surface area contributed by atoms with Gasteiger partial charge in [-0.25, -0.2) is 0 Å². The molecule has 73 valence electrons. The summed E-state index contributed by atoms with van der Waals surface area (Å²) in [5, 5.41) is 9.48. The molecule has 12 heavy (non-hydrogen) atoms. The standard InChI is InChI=1S/C9H19O3/c1-4-9(12-6-3)8(10)7-11-5-2/h8-10H,1,4-7H2,2-3H3. The summed E-state index contributed by atoms with van der Waals surface area (Å²) >= 11 is 0. The van der Waals surface area contributed by atoms with Crippen molar-refractivity contribution in [2.75, 3.05) is 19.8 Å². The van der Waals surface area contributed by atoms with Gasteiger partial charge in [0.05, 0.1) is 12.7 Å². The quantitative estimate of drug-likeness (QED) is 0.627. The van der Waals surface area contributed by atoms with Crippen molar-refractivity contribution < 1.29 is 14.6 Å². The van der Waals surface area contributed by atoms with Gasteiger partial charge in [-0.2, -0.15) is 0 Å². The lowest BCUT2D eigenvalue weighted by Crippen LogP contribution is -2.32. The predicted octanol–water partition coefficient (Wildman–Crippen LogP) is 1.01. The Labute approximate surface area is 74.7 Å². The van der Waals surface area contributed by atoms with Crippen molar-refractivity contribution in [3.63, 3.8) is 0 Å². The second-order valence-electron chi connectivity index (χ2n) is 2.51. The molecule has 1 radical (unpaired) electrons. The summed E-state index contributed by atoms with van der Waals surface area (Å²) in [5.41, 5.74) is 0. The molecule has 0 saturated heterocycles. The van der Waals surface area contributed by atoms with E-state index in [2.05, 4.69) is 6.92 Å². The highest BCUT2D eigenvalue weighted by Gasteiger charge is 2.16. The summed E-state index contributed by atoms with van der Waals surface area (Å²) in [7, 11) is 0. The third-order valence-electron chi connectivity index (χ3n) is 1.59. The van der Waals surface area contributed by atoms with Crippen LogP contribution in [-0.4, -0.2) is 37.1 Å². The van der Waals surface area contributed by atoms with Gasteiger partial charge in [-0.1, -0.05) is 6.92 Å². The number of aliphatic hydroxyl groups excluding tert-OH is 1. The van der Waals surface area contributed by atoms with Crippen molar-refractivity contribution in [2.45, 2.75) is 32.5 Å². The zero-order valence-corrected chi connectivity index (χ0v) is 7.95. The summed E-state index contributed by atoms with van der Waals surface area (Å²) in [6.45, 7) is 9.04. The van der Waals surface area contributed by atoms with Crippen molar-refractivity contribution >= 4 is 0 Å². The Bertz CT molecular complexity index is 95.8. The largest absolute Gasteiger partial charge is 0.388 e. The van der Waals surface area contributed by atoms with Crippen LogP contribution in [0.2, 0.25) is 0 Å². The summed E-state index contributed by atoms with van der Waals surface area (Å²) in [6.07, 6.45) is -0.175. The van der Waals surface area contributed by atoms with Crippen molar-refractivity contribution in [3.05, 3.63) is 6.92 Å². The van der Waals surface area contributed by atoms with Gasteiger partial charge in [0.15, 0.2) is 0 Å². The van der Waals surface area contributed by atoms with Gasteiger partial charge in [0.1, 0.15) is 6.10 Å². The average Bonchev–Trinajstić information content (AvgIpc) is 2.10. The molecule has 0 amide bonds. The van der Waals surface area contributed by atoms with E-state index in [1.165, 1.54) is 0 Å². The molecule has 0 spiro atoms. The molecule has 0 aromatic carbocycles. The third-order valence-corrected chi connectivity index (χ3v) is 1.59. The van der Waals surface area contributed by atoms with Crippen LogP contribution in [0.15, 0.2) is 0 Å². The Hall–Kier alpha value is -0.120. The SMILES string of the molecule is [CH2]CC(OCC)C(O)COCC. The number of rotatable bonds is 7. The molecular weight excluding hydrogens is 156 g/mol. The first kappa shape index (κ1) is 11.9. The minimum atomic E-state index is -0.553. The topological polar surface area (TPSA) is 38.7 Å². The van der Waals surface area contributed by atoms with Crippen LogP contribution in [0.5, 0.6) is 0 Å². The zero-order valence-electron chi connectivity index (χ0n) is 7.95. The molecule has 0 aliphatic rings. The first-order chi connectivity index (χ1) is 5.76. The zero-order chi connectivity index (χ0) is 9.40. The van der Waals surface area contributed by atoms with Crippen LogP contribution in [0.1, 0.15) is 20.3 Å². The number of hydrogen-bond acceptors (Lipinski definition) is 3. The van der Waals surface area contributed by atoms with E-state index in [9.17, 15) is 5.11 Å². The van der Waals surface area contributed by atoms with E-state index in [-0.39, 0.29) is 6.10 Å². The minimum absolute atomic E-state index is 0.193. The van der Waals surface area contributed by atoms with E-state index in [0.29, 0.717) is 26.2 Å². The van der Waals surface area contributed by atoms with Gasteiger partial charge in [0.2, 0.25) is 0 Å². The van der Waals surface area contributed by atoms with Gasteiger partial charge in [-0.3, -0.25) is 0 Å². The predicted molar refractivity (Wildman–Crippen MR) is 47.9 cm³/mol. The highest BCUT2D eigenvalue weighted by atomic mass is 16.5. The lowest BCUT2D eigenvalue weighted by molar-refractivity contribution is -0.0659. The van der Waals surface area contributed by atoms with Crippen LogP contribution < -0.4 is 0 Å². The van der Waals surface area contributed by atoms with Gasteiger partial charge in [-0.05, 0) is 20.3 Å². The summed E-state index contributed by atoms with van der Waals surface area (Å²) in [6, 6.07) is 0. The van der Waals surface area contributed by atoms with E-state index < -0.39 is 6.10 Å². The van der Waals surface area contributed by atoms with E-state index in [1.807, 2.05) is 13.8 Å². The molecule has 0 fully saturated rings. The average molecular weight is 175 g/mol. The second kappa shape index (κ2) is 7.53.